The van der Waals surface area contributed by atoms with Crippen LogP contribution in [0.2, 0.25) is 0 Å². The molecule has 10 nitrogen and oxygen atoms in total. The summed E-state index contributed by atoms with van der Waals surface area (Å²) in [6.45, 7) is 2.58. The van der Waals surface area contributed by atoms with Crippen molar-refractivity contribution in [3.05, 3.63) is 22.5 Å². The molecule has 1 aromatic heterocycles. The van der Waals surface area contributed by atoms with Gasteiger partial charge in [-0.2, -0.15) is 4.99 Å². The van der Waals surface area contributed by atoms with E-state index in [4.69, 9.17) is 5.73 Å². The van der Waals surface area contributed by atoms with Crippen LogP contribution >= 0.6 is 0 Å². The number of aromatic nitrogens is 1. The fraction of sp³-hybridized carbons (Fsp3) is 0.353. The number of fused-ring (bicyclic) bond motifs is 1. The highest BCUT2D eigenvalue weighted by atomic mass is 16.2. The predicted molar refractivity (Wildman–Crippen MR) is 91.9 cm³/mol. The Morgan fingerprint density at radius 1 is 1.26 bits per heavy atom. The van der Waals surface area contributed by atoms with Gasteiger partial charge in [0.25, 0.3) is 11.8 Å². The van der Waals surface area contributed by atoms with E-state index < -0.39 is 17.7 Å². The molecule has 0 aromatic carbocycles. The van der Waals surface area contributed by atoms with Crippen molar-refractivity contribution >= 4 is 29.4 Å². The molecule has 0 unspecified atom stereocenters. The van der Waals surface area contributed by atoms with Crippen LogP contribution in [0.5, 0.6) is 0 Å². The van der Waals surface area contributed by atoms with Crippen molar-refractivity contribution in [2.75, 3.05) is 18.0 Å². The minimum atomic E-state index is -1.07. The van der Waals surface area contributed by atoms with Gasteiger partial charge < -0.3 is 16.0 Å². The summed E-state index contributed by atoms with van der Waals surface area (Å²) in [6.07, 6.45) is 2.72. The molecule has 3 rings (SSSR count). The number of nitrogens with zero attached hydrogens (tertiary/aromatic N) is 4. The molecule has 0 aliphatic carbocycles. The Kier molecular flexibility index (Phi) is 4.94. The maximum absolute atomic E-state index is 11.7. The van der Waals surface area contributed by atoms with E-state index in [2.05, 4.69) is 32.1 Å². The Balaban J connectivity index is 2.00. The van der Waals surface area contributed by atoms with E-state index in [1.807, 2.05) is 4.90 Å². The molecule has 0 bridgehead atoms. The van der Waals surface area contributed by atoms with Gasteiger partial charge in [-0.25, -0.2) is 9.98 Å². The molecule has 3 heterocycles. The lowest BCUT2D eigenvalue weighted by atomic mass is 10.1. The van der Waals surface area contributed by atoms with Gasteiger partial charge in [-0.15, -0.1) is 0 Å². The predicted octanol–water partition coefficient (Wildman–Crippen LogP) is -2.41. The van der Waals surface area contributed by atoms with Gasteiger partial charge in [0, 0.05) is 25.3 Å². The number of piperidine rings is 1. The smallest absolute Gasteiger partial charge is 0.338 e. The lowest BCUT2D eigenvalue weighted by Crippen LogP contribution is -2.51. The minimum Gasteiger partial charge on any atom is -0.365 e. The van der Waals surface area contributed by atoms with Crippen molar-refractivity contribution < 1.29 is 19.2 Å². The van der Waals surface area contributed by atoms with Crippen molar-refractivity contribution in [3.8, 4) is 11.8 Å². The highest BCUT2D eigenvalue weighted by Crippen LogP contribution is 2.15. The normalized spacial score (nSPS) is 18.4. The number of nitrogens with two attached hydrogens (primary N) is 1. The Labute approximate surface area is 153 Å². The minimum absolute atomic E-state index is 0.0382. The molecule has 2 aliphatic heterocycles. The first kappa shape index (κ1) is 18.2. The number of rotatable bonds is 3. The quantitative estimate of drug-likeness (QED) is 0.449. The fourth-order valence-electron chi connectivity index (χ4n) is 3.03. The van der Waals surface area contributed by atoms with Gasteiger partial charge in [-0.1, -0.05) is 5.92 Å². The molecule has 0 saturated carbocycles. The molecule has 1 fully saturated rings. The number of carbonyl (C=O) groups excluding carboxylic acids is 4. The first-order valence-corrected chi connectivity index (χ1v) is 8.23. The number of carbonyl (C=O) groups is 4. The number of hydrogen-bond donors (Lipinski definition) is 2. The number of amides is 4. The molecule has 2 aliphatic rings. The van der Waals surface area contributed by atoms with Crippen molar-refractivity contribution in [1.29, 1.82) is 0 Å². The zero-order valence-corrected chi connectivity index (χ0v) is 14.5. The van der Waals surface area contributed by atoms with Gasteiger partial charge in [0.2, 0.25) is 0 Å². The second-order valence-electron chi connectivity index (χ2n) is 6.02. The first-order chi connectivity index (χ1) is 12.9. The summed E-state index contributed by atoms with van der Waals surface area (Å²) in [5.74, 6) is 1.97. The van der Waals surface area contributed by atoms with Crippen LogP contribution in [0.1, 0.15) is 30.1 Å². The molecule has 1 saturated heterocycles. The zero-order chi connectivity index (χ0) is 19.6. The molecule has 1 aromatic rings. The first-order valence-electron chi connectivity index (χ1n) is 8.23. The third-order valence-electron chi connectivity index (χ3n) is 4.18. The Bertz CT molecular complexity index is 1040. The SMILES string of the molecule is CC#CC(=O)N[C@@H]1CCCN(c2ncc(C(N)=O)c3c2=NC(=O)C(=O)N=3)C1. The van der Waals surface area contributed by atoms with Crippen molar-refractivity contribution in [2.24, 2.45) is 15.7 Å². The third-order valence-corrected chi connectivity index (χ3v) is 4.18. The summed E-state index contributed by atoms with van der Waals surface area (Å²) in [4.78, 5) is 60.0. The molecule has 3 N–H and O–H groups in total. The van der Waals surface area contributed by atoms with Gasteiger partial charge in [-0.05, 0) is 25.7 Å². The van der Waals surface area contributed by atoms with Crippen LogP contribution in [0.25, 0.3) is 0 Å². The van der Waals surface area contributed by atoms with Crippen LogP contribution in [-0.2, 0) is 14.4 Å². The average molecular weight is 368 g/mol. The van der Waals surface area contributed by atoms with Gasteiger partial charge >= 0.3 is 11.8 Å². The molecule has 0 radical (unpaired) electrons. The summed E-state index contributed by atoms with van der Waals surface area (Å²) in [7, 11) is 0. The topological polar surface area (TPSA) is 147 Å². The van der Waals surface area contributed by atoms with Gasteiger partial charge in [0.15, 0.2) is 5.82 Å². The van der Waals surface area contributed by atoms with Crippen LogP contribution < -0.4 is 26.7 Å². The molecule has 0 spiro atoms. The summed E-state index contributed by atoms with van der Waals surface area (Å²) in [6, 6.07) is -0.168. The van der Waals surface area contributed by atoms with E-state index in [1.165, 1.54) is 6.20 Å². The van der Waals surface area contributed by atoms with Gasteiger partial charge in [0.1, 0.15) is 10.7 Å². The maximum Gasteiger partial charge on any atom is 0.338 e. The summed E-state index contributed by atoms with van der Waals surface area (Å²) in [5.41, 5.74) is 5.22. The lowest BCUT2D eigenvalue weighted by Gasteiger charge is -2.33. The molecular formula is C17H16N6O4. The van der Waals surface area contributed by atoms with E-state index in [-0.39, 0.29) is 28.2 Å². The van der Waals surface area contributed by atoms with E-state index in [9.17, 15) is 19.2 Å². The largest absolute Gasteiger partial charge is 0.365 e. The number of nitrogens with one attached hydrogen (secondary N) is 1. The van der Waals surface area contributed by atoms with Crippen LogP contribution in [0.4, 0.5) is 5.82 Å². The molecule has 1 atom stereocenters. The van der Waals surface area contributed by atoms with Crippen LogP contribution in [0, 0.1) is 11.8 Å². The third kappa shape index (κ3) is 3.67. The Hall–Kier alpha value is -3.61. The Morgan fingerprint density at radius 3 is 2.63 bits per heavy atom. The monoisotopic (exact) mass is 368 g/mol. The highest BCUT2D eigenvalue weighted by molar-refractivity contribution is 6.36. The van der Waals surface area contributed by atoms with Crippen LogP contribution in [0.15, 0.2) is 16.2 Å². The second-order valence-corrected chi connectivity index (χ2v) is 6.02. The van der Waals surface area contributed by atoms with E-state index in [0.29, 0.717) is 18.9 Å². The number of pyridine rings is 1. The summed E-state index contributed by atoms with van der Waals surface area (Å²) >= 11 is 0. The number of primary amides is 1. The molecule has 138 valence electrons. The fourth-order valence-corrected chi connectivity index (χ4v) is 3.03. The van der Waals surface area contributed by atoms with Crippen molar-refractivity contribution in [1.82, 2.24) is 10.3 Å². The van der Waals surface area contributed by atoms with Crippen LogP contribution in [0.3, 0.4) is 0 Å². The lowest BCUT2D eigenvalue weighted by molar-refractivity contribution is -0.135. The molecular weight excluding hydrogens is 352 g/mol. The summed E-state index contributed by atoms with van der Waals surface area (Å²) < 4.78 is 0. The molecule has 4 amide bonds. The highest BCUT2D eigenvalue weighted by Gasteiger charge is 2.27. The van der Waals surface area contributed by atoms with E-state index >= 15 is 0 Å². The number of anilines is 1. The average Bonchev–Trinajstić information content (AvgIpc) is 2.62. The molecule has 10 heteroatoms. The standard InChI is InChI=1S/C17H16N6O4/c1-2-4-11(24)20-9-5-3-6-23(8-9)15-13-12(10(7-19-15)14(18)25)21-16(26)17(27)22-13/h7,9H,3,5-6,8H2,1H3,(H2,18,25)(H,20,24)/t9-/m1/s1. The van der Waals surface area contributed by atoms with E-state index in [0.717, 1.165) is 12.8 Å². The van der Waals surface area contributed by atoms with Crippen molar-refractivity contribution in [3.63, 3.8) is 0 Å². The van der Waals surface area contributed by atoms with Crippen LogP contribution in [-0.4, -0.2) is 47.7 Å². The number of hydrogen-bond acceptors (Lipinski definition) is 6. The second kappa shape index (κ2) is 7.33. The van der Waals surface area contributed by atoms with E-state index in [1.54, 1.807) is 6.92 Å². The Morgan fingerprint density at radius 2 is 1.96 bits per heavy atom. The maximum atomic E-state index is 11.7. The molecule has 27 heavy (non-hydrogen) atoms. The van der Waals surface area contributed by atoms with Crippen molar-refractivity contribution in [2.45, 2.75) is 25.8 Å². The zero-order valence-electron chi connectivity index (χ0n) is 14.5. The van der Waals surface area contributed by atoms with Gasteiger partial charge in [0.05, 0.1) is 5.56 Å². The van der Waals surface area contributed by atoms with Gasteiger partial charge in [-0.3, -0.25) is 19.2 Å². The summed E-state index contributed by atoms with van der Waals surface area (Å²) in [5, 5.41) is 2.80.